The van der Waals surface area contributed by atoms with Gasteiger partial charge in [-0.05, 0) is 19.3 Å². The first-order chi connectivity index (χ1) is 5.10. The van der Waals surface area contributed by atoms with Gasteiger partial charge in [-0.15, -0.1) is 0 Å². The Bertz CT molecular complexity index is 119. The summed E-state index contributed by atoms with van der Waals surface area (Å²) in [7, 11) is 0. The molecule has 0 aromatic rings. The van der Waals surface area contributed by atoms with E-state index in [0.717, 1.165) is 19.3 Å². The maximum absolute atomic E-state index is 10.9. The second-order valence-electron chi connectivity index (χ2n) is 2.84. The first-order valence-corrected chi connectivity index (χ1v) is 5.11. The van der Waals surface area contributed by atoms with Crippen LogP contribution in [0.1, 0.15) is 47.0 Å². The van der Waals surface area contributed by atoms with Crippen molar-refractivity contribution >= 4 is 16.9 Å². The van der Waals surface area contributed by atoms with Crippen molar-refractivity contribution in [1.82, 2.24) is 0 Å². The summed E-state index contributed by atoms with van der Waals surface area (Å²) in [6, 6.07) is 0. The van der Waals surface area contributed by atoms with Crippen LogP contribution >= 0.6 is 11.8 Å². The summed E-state index contributed by atoms with van der Waals surface area (Å²) in [6.45, 7) is 8.12. The average molecular weight is 174 g/mol. The van der Waals surface area contributed by atoms with Crippen LogP contribution in [0.4, 0.5) is 0 Å². The van der Waals surface area contributed by atoms with Crippen molar-refractivity contribution in [1.29, 1.82) is 0 Å². The van der Waals surface area contributed by atoms with Crippen molar-refractivity contribution in [3.05, 3.63) is 0 Å². The largest absolute Gasteiger partial charge is 0.288 e. The lowest BCUT2D eigenvalue weighted by Crippen LogP contribution is -2.22. The maximum Gasteiger partial charge on any atom is 0.186 e. The highest BCUT2D eigenvalue weighted by atomic mass is 32.2. The van der Waals surface area contributed by atoms with Crippen molar-refractivity contribution in [3.63, 3.8) is 0 Å². The molecule has 0 amide bonds. The van der Waals surface area contributed by atoms with E-state index in [4.69, 9.17) is 0 Å². The Hall–Kier alpha value is 0.0200. The van der Waals surface area contributed by atoms with Crippen LogP contribution in [0.15, 0.2) is 0 Å². The number of rotatable bonds is 4. The SMILES string of the molecule is CCC(CC)(CC)SC(C)=O. The molecule has 0 heterocycles. The Morgan fingerprint density at radius 2 is 1.55 bits per heavy atom. The zero-order valence-corrected chi connectivity index (χ0v) is 8.75. The van der Waals surface area contributed by atoms with E-state index in [1.807, 2.05) is 0 Å². The smallest absolute Gasteiger partial charge is 0.186 e. The van der Waals surface area contributed by atoms with Crippen LogP contribution in [0.3, 0.4) is 0 Å². The zero-order chi connectivity index (χ0) is 8.91. The lowest BCUT2D eigenvalue weighted by molar-refractivity contribution is -0.109. The Morgan fingerprint density at radius 1 is 1.18 bits per heavy atom. The van der Waals surface area contributed by atoms with Gasteiger partial charge in [0.05, 0.1) is 0 Å². The molecule has 0 N–H and O–H groups in total. The molecule has 66 valence electrons. The van der Waals surface area contributed by atoms with Crippen LogP contribution in [0, 0.1) is 0 Å². The van der Waals surface area contributed by atoms with Crippen LogP contribution in [-0.2, 0) is 4.79 Å². The minimum atomic E-state index is 0.214. The molecule has 0 fully saturated rings. The quantitative estimate of drug-likeness (QED) is 0.651. The van der Waals surface area contributed by atoms with Crippen LogP contribution < -0.4 is 0 Å². The number of carbonyl (C=O) groups excluding carboxylic acids is 1. The fraction of sp³-hybridized carbons (Fsp3) is 0.889. The van der Waals surface area contributed by atoms with E-state index in [-0.39, 0.29) is 9.86 Å². The maximum atomic E-state index is 10.9. The summed E-state index contributed by atoms with van der Waals surface area (Å²) < 4.78 is 0.214. The van der Waals surface area contributed by atoms with Gasteiger partial charge in [0, 0.05) is 11.7 Å². The van der Waals surface area contributed by atoms with Gasteiger partial charge in [-0.1, -0.05) is 32.5 Å². The lowest BCUT2D eigenvalue weighted by Gasteiger charge is -2.27. The standard InChI is InChI=1S/C9H18OS/c1-5-9(6-2,7-3)11-8(4)10/h5-7H2,1-4H3. The topological polar surface area (TPSA) is 17.1 Å². The molecule has 0 aliphatic rings. The summed E-state index contributed by atoms with van der Waals surface area (Å²) in [6.07, 6.45) is 3.26. The minimum absolute atomic E-state index is 0.214. The predicted molar refractivity (Wildman–Crippen MR) is 51.9 cm³/mol. The van der Waals surface area contributed by atoms with Gasteiger partial charge < -0.3 is 0 Å². The van der Waals surface area contributed by atoms with Gasteiger partial charge in [-0.2, -0.15) is 0 Å². The minimum Gasteiger partial charge on any atom is -0.288 e. The molecule has 0 rings (SSSR count). The van der Waals surface area contributed by atoms with E-state index >= 15 is 0 Å². The van der Waals surface area contributed by atoms with Gasteiger partial charge in [-0.3, -0.25) is 4.79 Å². The van der Waals surface area contributed by atoms with Crippen LogP contribution in [0.5, 0.6) is 0 Å². The molecule has 0 saturated carbocycles. The van der Waals surface area contributed by atoms with E-state index in [2.05, 4.69) is 20.8 Å². The van der Waals surface area contributed by atoms with E-state index < -0.39 is 0 Å². The highest BCUT2D eigenvalue weighted by Gasteiger charge is 2.26. The third-order valence-corrected chi connectivity index (χ3v) is 3.88. The number of hydrogen-bond donors (Lipinski definition) is 0. The molecule has 0 aromatic carbocycles. The molecule has 0 aromatic heterocycles. The number of hydrogen-bond acceptors (Lipinski definition) is 2. The first-order valence-electron chi connectivity index (χ1n) is 4.29. The Balaban J connectivity index is 4.16. The van der Waals surface area contributed by atoms with Crippen molar-refractivity contribution in [2.45, 2.75) is 51.7 Å². The van der Waals surface area contributed by atoms with Gasteiger partial charge >= 0.3 is 0 Å². The third-order valence-electron chi connectivity index (χ3n) is 2.29. The molecule has 0 radical (unpaired) electrons. The van der Waals surface area contributed by atoms with Crippen molar-refractivity contribution < 1.29 is 4.79 Å². The fourth-order valence-corrected chi connectivity index (χ4v) is 2.31. The Kier molecular flexibility index (Phi) is 4.82. The monoisotopic (exact) mass is 174 g/mol. The molecule has 2 heteroatoms. The van der Waals surface area contributed by atoms with Gasteiger partial charge in [0.25, 0.3) is 0 Å². The van der Waals surface area contributed by atoms with Crippen molar-refractivity contribution in [2.24, 2.45) is 0 Å². The molecule has 0 spiro atoms. The molecule has 0 aliphatic heterocycles. The van der Waals surface area contributed by atoms with E-state index in [1.54, 1.807) is 6.92 Å². The second-order valence-corrected chi connectivity index (χ2v) is 4.48. The van der Waals surface area contributed by atoms with Crippen LogP contribution in [0.2, 0.25) is 0 Å². The van der Waals surface area contributed by atoms with Crippen LogP contribution in [0.25, 0.3) is 0 Å². The highest BCUT2D eigenvalue weighted by molar-refractivity contribution is 8.14. The van der Waals surface area contributed by atoms with E-state index in [9.17, 15) is 4.79 Å². The Labute approximate surface area is 73.9 Å². The van der Waals surface area contributed by atoms with E-state index in [0.29, 0.717) is 0 Å². The third kappa shape index (κ3) is 3.28. The van der Waals surface area contributed by atoms with Gasteiger partial charge in [0.1, 0.15) is 0 Å². The molecular weight excluding hydrogens is 156 g/mol. The molecule has 0 bridgehead atoms. The van der Waals surface area contributed by atoms with Gasteiger partial charge in [0.2, 0.25) is 0 Å². The van der Waals surface area contributed by atoms with Gasteiger partial charge in [-0.25, -0.2) is 0 Å². The normalized spacial score (nSPS) is 11.6. The molecule has 0 atom stereocenters. The summed E-state index contributed by atoms with van der Waals surface area (Å²) in [5.74, 6) is 0. The molecule has 1 nitrogen and oxygen atoms in total. The summed E-state index contributed by atoms with van der Waals surface area (Å²) in [5, 5.41) is 0.246. The van der Waals surface area contributed by atoms with Crippen molar-refractivity contribution in [3.8, 4) is 0 Å². The summed E-state index contributed by atoms with van der Waals surface area (Å²) in [5.41, 5.74) is 0. The highest BCUT2D eigenvalue weighted by Crippen LogP contribution is 2.35. The summed E-state index contributed by atoms with van der Waals surface area (Å²) >= 11 is 1.51. The molecule has 0 saturated heterocycles. The summed E-state index contributed by atoms with van der Waals surface area (Å²) in [4.78, 5) is 10.9. The van der Waals surface area contributed by atoms with E-state index in [1.165, 1.54) is 11.8 Å². The number of carbonyl (C=O) groups is 1. The lowest BCUT2D eigenvalue weighted by atomic mass is 9.99. The Morgan fingerprint density at radius 3 is 1.64 bits per heavy atom. The fourth-order valence-electron chi connectivity index (χ4n) is 1.27. The molecule has 11 heavy (non-hydrogen) atoms. The second kappa shape index (κ2) is 4.81. The zero-order valence-electron chi connectivity index (χ0n) is 7.94. The van der Waals surface area contributed by atoms with Crippen LogP contribution in [-0.4, -0.2) is 9.86 Å². The molecule has 0 aliphatic carbocycles. The molecule has 0 unspecified atom stereocenters. The first kappa shape index (κ1) is 11.0. The van der Waals surface area contributed by atoms with Gasteiger partial charge in [0.15, 0.2) is 5.12 Å². The molecular formula is C9H18OS. The predicted octanol–water partition coefficient (Wildman–Crippen LogP) is 3.23. The average Bonchev–Trinajstić information content (AvgIpc) is 2.00. The number of thioether (sulfide) groups is 1. The van der Waals surface area contributed by atoms with Crippen molar-refractivity contribution in [2.75, 3.05) is 0 Å².